The molecule has 0 fully saturated rings. The summed E-state index contributed by atoms with van der Waals surface area (Å²) < 4.78 is 15.9. The second-order valence-corrected chi connectivity index (χ2v) is 7.06. The normalized spacial score (nSPS) is 12.3. The molecule has 0 aliphatic rings. The molecule has 6 nitrogen and oxygen atoms in total. The van der Waals surface area contributed by atoms with Gasteiger partial charge in [-0.2, -0.15) is 4.99 Å². The van der Waals surface area contributed by atoms with Gasteiger partial charge in [-0.05, 0) is 37.3 Å². The van der Waals surface area contributed by atoms with Crippen molar-refractivity contribution in [3.8, 4) is 0 Å². The Balaban J connectivity index is 1.91. The zero-order chi connectivity index (χ0) is 18.0. The number of aryl methyl sites for hydroxylation is 1. The Morgan fingerprint density at radius 2 is 2.16 bits per heavy atom. The minimum atomic E-state index is -0.481. The monoisotopic (exact) mass is 377 g/mol. The highest BCUT2D eigenvalue weighted by atomic mass is 32.1. The number of hydrogen-bond donors (Lipinski definition) is 0. The molecule has 2 aromatic heterocycles. The van der Waals surface area contributed by atoms with Gasteiger partial charge in [-0.25, -0.2) is 4.39 Å². The number of hydrogen-bond acceptors (Lipinski definition) is 5. The summed E-state index contributed by atoms with van der Waals surface area (Å²) in [6.07, 6.45) is 2.76. The van der Waals surface area contributed by atoms with Crippen LogP contribution in [0.15, 0.2) is 41.4 Å². The second kappa shape index (κ2) is 7.08. The van der Waals surface area contributed by atoms with Crippen LogP contribution >= 0.6 is 22.7 Å². The third-order valence-electron chi connectivity index (χ3n) is 3.35. The first-order valence-electron chi connectivity index (χ1n) is 7.28. The molecule has 0 aliphatic heterocycles. The van der Waals surface area contributed by atoms with E-state index in [1.165, 1.54) is 41.7 Å². The fourth-order valence-electron chi connectivity index (χ4n) is 2.25. The fraction of sp³-hybridized carbons (Fsp3) is 0.125. The maximum atomic E-state index is 13.4. The van der Waals surface area contributed by atoms with E-state index in [0.717, 1.165) is 16.9 Å². The lowest BCUT2D eigenvalue weighted by molar-refractivity contribution is -0.380. The summed E-state index contributed by atoms with van der Waals surface area (Å²) in [6, 6.07) is 7.40. The van der Waals surface area contributed by atoms with Gasteiger partial charge in [0.1, 0.15) is 5.82 Å². The predicted octanol–water partition coefficient (Wildman–Crippen LogP) is 3.97. The average molecular weight is 377 g/mol. The van der Waals surface area contributed by atoms with Crippen molar-refractivity contribution < 1.29 is 14.1 Å². The minimum Gasteiger partial charge on any atom is -0.317 e. The lowest BCUT2D eigenvalue weighted by Gasteiger charge is -1.99. The maximum absolute atomic E-state index is 13.4. The van der Waals surface area contributed by atoms with Gasteiger partial charge in [0, 0.05) is 23.6 Å². The molecule has 0 saturated carbocycles. The SMILES string of the molecule is CCn1c(=NC(=O)/C=C/c2ccc([N+](=O)[O-])s2)sc2cc(F)ccc21. The van der Waals surface area contributed by atoms with Crippen LogP contribution in [-0.2, 0) is 11.3 Å². The van der Waals surface area contributed by atoms with Gasteiger partial charge in [-0.15, -0.1) is 0 Å². The van der Waals surface area contributed by atoms with Crippen molar-refractivity contribution in [2.24, 2.45) is 4.99 Å². The van der Waals surface area contributed by atoms with E-state index in [9.17, 15) is 19.3 Å². The Bertz CT molecular complexity index is 1060. The minimum absolute atomic E-state index is 0.0133. The molecule has 3 aromatic rings. The smallest absolute Gasteiger partial charge is 0.317 e. The van der Waals surface area contributed by atoms with Gasteiger partial charge in [-0.1, -0.05) is 22.7 Å². The molecule has 9 heteroatoms. The number of fused-ring (bicyclic) bond motifs is 1. The van der Waals surface area contributed by atoms with Gasteiger partial charge in [-0.3, -0.25) is 14.9 Å². The van der Waals surface area contributed by atoms with Crippen molar-refractivity contribution >= 4 is 49.9 Å². The number of thiophene rings is 1. The number of nitrogens with zero attached hydrogens (tertiary/aromatic N) is 3. The van der Waals surface area contributed by atoms with Crippen LogP contribution in [0.3, 0.4) is 0 Å². The third-order valence-corrected chi connectivity index (χ3v) is 5.39. The Hall–Kier alpha value is -2.65. The predicted molar refractivity (Wildman–Crippen MR) is 96.0 cm³/mol. The van der Waals surface area contributed by atoms with E-state index in [1.54, 1.807) is 12.1 Å². The highest BCUT2D eigenvalue weighted by Gasteiger charge is 2.09. The van der Waals surface area contributed by atoms with Gasteiger partial charge >= 0.3 is 5.00 Å². The molecule has 0 atom stereocenters. The van der Waals surface area contributed by atoms with Gasteiger partial charge in [0.25, 0.3) is 5.91 Å². The standard InChI is InChI=1S/C16H12FN3O3S2/c1-2-19-12-6-3-10(17)9-13(12)25-16(19)18-14(21)7-4-11-5-8-15(24-11)20(22)23/h3-9H,2H2,1H3/b7-4+,18-16?. The topological polar surface area (TPSA) is 77.5 Å². The molecule has 0 radical (unpaired) electrons. The highest BCUT2D eigenvalue weighted by molar-refractivity contribution is 7.16. The highest BCUT2D eigenvalue weighted by Crippen LogP contribution is 2.24. The maximum Gasteiger partial charge on any atom is 0.324 e. The van der Waals surface area contributed by atoms with E-state index >= 15 is 0 Å². The van der Waals surface area contributed by atoms with Crippen LogP contribution < -0.4 is 4.80 Å². The number of nitro groups is 1. The Morgan fingerprint density at radius 3 is 2.84 bits per heavy atom. The first-order valence-corrected chi connectivity index (χ1v) is 8.91. The summed E-state index contributed by atoms with van der Waals surface area (Å²) in [5.41, 5.74) is 0.818. The molecule has 0 aliphatic carbocycles. The quantitative estimate of drug-likeness (QED) is 0.392. The first-order chi connectivity index (χ1) is 12.0. The van der Waals surface area contributed by atoms with Crippen LogP contribution in [0.5, 0.6) is 0 Å². The molecular weight excluding hydrogens is 365 g/mol. The molecule has 3 rings (SSSR count). The summed E-state index contributed by atoms with van der Waals surface area (Å²) in [4.78, 5) is 27.4. The van der Waals surface area contributed by atoms with Crippen LogP contribution in [0.4, 0.5) is 9.39 Å². The summed E-state index contributed by atoms with van der Waals surface area (Å²) in [5.74, 6) is -0.820. The molecule has 0 saturated heterocycles. The number of aromatic nitrogens is 1. The number of thiazole rings is 1. The molecule has 0 bridgehead atoms. The number of carbonyl (C=O) groups excluding carboxylic acids is 1. The molecule has 25 heavy (non-hydrogen) atoms. The van der Waals surface area contributed by atoms with Crippen molar-refractivity contribution in [3.05, 3.63) is 62.0 Å². The van der Waals surface area contributed by atoms with E-state index in [2.05, 4.69) is 4.99 Å². The van der Waals surface area contributed by atoms with Crippen LogP contribution in [0.2, 0.25) is 0 Å². The number of amides is 1. The second-order valence-electron chi connectivity index (χ2n) is 4.96. The van der Waals surface area contributed by atoms with Crippen molar-refractivity contribution in [1.29, 1.82) is 0 Å². The molecule has 2 heterocycles. The van der Waals surface area contributed by atoms with Crippen LogP contribution in [0.1, 0.15) is 11.8 Å². The fourth-order valence-corrected chi connectivity index (χ4v) is 4.10. The number of benzene rings is 1. The Kier molecular flexibility index (Phi) is 4.86. The van der Waals surface area contributed by atoms with E-state index in [0.29, 0.717) is 20.9 Å². The van der Waals surface area contributed by atoms with Crippen molar-refractivity contribution in [2.45, 2.75) is 13.5 Å². The number of rotatable bonds is 4. The summed E-state index contributed by atoms with van der Waals surface area (Å²) in [6.45, 7) is 2.51. The van der Waals surface area contributed by atoms with Crippen molar-refractivity contribution in [2.75, 3.05) is 0 Å². The lowest BCUT2D eigenvalue weighted by atomic mass is 10.3. The van der Waals surface area contributed by atoms with Crippen molar-refractivity contribution in [3.63, 3.8) is 0 Å². The summed E-state index contributed by atoms with van der Waals surface area (Å²) in [7, 11) is 0. The first kappa shape index (κ1) is 17.2. The average Bonchev–Trinajstić information content (AvgIpc) is 3.16. The van der Waals surface area contributed by atoms with E-state index < -0.39 is 10.8 Å². The van der Waals surface area contributed by atoms with E-state index in [1.807, 2.05) is 11.5 Å². The molecular formula is C16H12FN3O3S2. The molecule has 0 spiro atoms. The molecule has 0 unspecified atom stereocenters. The van der Waals surface area contributed by atoms with Crippen LogP contribution in [0.25, 0.3) is 16.3 Å². The molecule has 0 N–H and O–H groups in total. The Morgan fingerprint density at radius 1 is 1.36 bits per heavy atom. The zero-order valence-electron chi connectivity index (χ0n) is 13.0. The van der Waals surface area contributed by atoms with E-state index in [4.69, 9.17) is 0 Å². The van der Waals surface area contributed by atoms with Crippen molar-refractivity contribution in [1.82, 2.24) is 4.57 Å². The zero-order valence-corrected chi connectivity index (χ0v) is 14.6. The summed E-state index contributed by atoms with van der Waals surface area (Å²) in [5, 5.41) is 10.7. The number of carbonyl (C=O) groups is 1. The molecule has 1 aromatic carbocycles. The van der Waals surface area contributed by atoms with Gasteiger partial charge in [0.05, 0.1) is 15.1 Å². The van der Waals surface area contributed by atoms with Gasteiger partial charge < -0.3 is 4.57 Å². The van der Waals surface area contributed by atoms with Crippen LogP contribution in [-0.4, -0.2) is 15.4 Å². The lowest BCUT2D eigenvalue weighted by Crippen LogP contribution is -2.15. The molecule has 1 amide bonds. The van der Waals surface area contributed by atoms with Crippen LogP contribution in [0, 0.1) is 15.9 Å². The van der Waals surface area contributed by atoms with Gasteiger partial charge in [0.15, 0.2) is 4.80 Å². The third kappa shape index (κ3) is 3.72. The Labute approximate surface area is 149 Å². The molecule has 128 valence electrons. The van der Waals surface area contributed by atoms with Gasteiger partial charge in [0.2, 0.25) is 0 Å². The largest absolute Gasteiger partial charge is 0.324 e. The van der Waals surface area contributed by atoms with E-state index in [-0.39, 0.29) is 10.8 Å². The number of halogens is 1. The summed E-state index contributed by atoms with van der Waals surface area (Å²) >= 11 is 2.21.